The van der Waals surface area contributed by atoms with Crippen molar-refractivity contribution in [3.63, 3.8) is 0 Å². The van der Waals surface area contributed by atoms with Gasteiger partial charge in [0.15, 0.2) is 6.10 Å². The maximum atomic E-state index is 13.6. The molecule has 1 amide bonds. The number of amides is 1. The number of hydrogen-bond donors (Lipinski definition) is 0. The van der Waals surface area contributed by atoms with Gasteiger partial charge in [-0.25, -0.2) is 4.39 Å². The normalized spacial score (nSPS) is 11.8. The molecule has 1 unspecified atom stereocenters. The van der Waals surface area contributed by atoms with Crippen LogP contribution in [-0.2, 0) is 11.3 Å². The molecule has 2 aromatic carbocycles. The Morgan fingerprint density at radius 1 is 1.14 bits per heavy atom. The Morgan fingerprint density at radius 2 is 1.76 bits per heavy atom. The summed E-state index contributed by atoms with van der Waals surface area (Å²) in [5.41, 5.74) is 0.486. The third kappa shape index (κ3) is 4.05. The fraction of sp³-hybridized carbons (Fsp3) is 0.235. The molecule has 0 aliphatic rings. The van der Waals surface area contributed by atoms with Crippen LogP contribution in [0.1, 0.15) is 12.5 Å². The second-order valence-corrected chi connectivity index (χ2v) is 4.86. The van der Waals surface area contributed by atoms with Gasteiger partial charge in [0, 0.05) is 19.2 Å². The number of benzene rings is 2. The van der Waals surface area contributed by atoms with Crippen molar-refractivity contribution in [1.82, 2.24) is 4.90 Å². The zero-order valence-electron chi connectivity index (χ0n) is 12.1. The van der Waals surface area contributed by atoms with Crippen LogP contribution < -0.4 is 4.74 Å². The standard InChI is InChI=1S/C17H18FNO2/c1-13(21-15-9-4-3-5-10-15)17(20)19(2)12-14-8-6-7-11-16(14)18/h3-11,13H,12H2,1-2H3. The molecule has 0 spiro atoms. The number of likely N-dealkylation sites (N-methyl/N-ethyl adjacent to an activating group) is 1. The molecule has 0 N–H and O–H groups in total. The van der Waals surface area contributed by atoms with E-state index in [4.69, 9.17) is 4.74 Å². The van der Waals surface area contributed by atoms with Crippen LogP contribution in [0.3, 0.4) is 0 Å². The molecule has 21 heavy (non-hydrogen) atoms. The van der Waals surface area contributed by atoms with Crippen molar-refractivity contribution in [2.75, 3.05) is 7.05 Å². The van der Waals surface area contributed by atoms with Gasteiger partial charge in [0.2, 0.25) is 0 Å². The van der Waals surface area contributed by atoms with Gasteiger partial charge in [-0.15, -0.1) is 0 Å². The molecule has 1 atom stereocenters. The SMILES string of the molecule is CC(Oc1ccccc1)C(=O)N(C)Cc1ccccc1F. The highest BCUT2D eigenvalue weighted by atomic mass is 19.1. The highest BCUT2D eigenvalue weighted by Gasteiger charge is 2.20. The Labute approximate surface area is 124 Å². The minimum atomic E-state index is -0.621. The van der Waals surface area contributed by atoms with Gasteiger partial charge < -0.3 is 9.64 Å². The van der Waals surface area contributed by atoms with Gasteiger partial charge in [0.1, 0.15) is 11.6 Å². The molecule has 0 aliphatic carbocycles. The second kappa shape index (κ2) is 6.88. The minimum absolute atomic E-state index is 0.192. The molecular formula is C17H18FNO2. The van der Waals surface area contributed by atoms with E-state index >= 15 is 0 Å². The molecule has 0 radical (unpaired) electrons. The summed E-state index contributed by atoms with van der Waals surface area (Å²) >= 11 is 0. The largest absolute Gasteiger partial charge is 0.481 e. The van der Waals surface area contributed by atoms with Crippen molar-refractivity contribution in [3.05, 3.63) is 66.0 Å². The number of ether oxygens (including phenoxy) is 1. The summed E-state index contributed by atoms with van der Waals surface area (Å²) in [6.07, 6.45) is -0.621. The number of nitrogens with zero attached hydrogens (tertiary/aromatic N) is 1. The van der Waals surface area contributed by atoms with E-state index in [0.717, 1.165) is 0 Å². The lowest BCUT2D eigenvalue weighted by molar-refractivity contribution is -0.137. The summed E-state index contributed by atoms with van der Waals surface area (Å²) in [6.45, 7) is 1.90. The molecule has 0 aromatic heterocycles. The van der Waals surface area contributed by atoms with E-state index in [1.807, 2.05) is 18.2 Å². The summed E-state index contributed by atoms with van der Waals surface area (Å²) in [5, 5.41) is 0. The number of para-hydroxylation sites is 1. The fourth-order valence-corrected chi connectivity index (χ4v) is 2.02. The highest BCUT2D eigenvalue weighted by Crippen LogP contribution is 2.14. The Bertz CT molecular complexity index is 601. The van der Waals surface area contributed by atoms with Crippen LogP contribution in [0.2, 0.25) is 0 Å². The number of carbonyl (C=O) groups is 1. The van der Waals surface area contributed by atoms with Crippen LogP contribution in [0.5, 0.6) is 5.75 Å². The Balaban J connectivity index is 1.97. The van der Waals surface area contributed by atoms with E-state index in [1.54, 1.807) is 44.3 Å². The number of hydrogen-bond acceptors (Lipinski definition) is 2. The summed E-state index contributed by atoms with van der Waals surface area (Å²) < 4.78 is 19.2. The number of halogens is 1. The van der Waals surface area contributed by atoms with Gasteiger partial charge in [0.25, 0.3) is 5.91 Å². The van der Waals surface area contributed by atoms with Crippen LogP contribution in [0.25, 0.3) is 0 Å². The predicted molar refractivity (Wildman–Crippen MR) is 79.4 cm³/mol. The molecule has 0 aliphatic heterocycles. The first kappa shape index (κ1) is 15.0. The Kier molecular flexibility index (Phi) is 4.93. The van der Waals surface area contributed by atoms with Crippen molar-refractivity contribution in [2.45, 2.75) is 19.6 Å². The molecule has 0 heterocycles. The quantitative estimate of drug-likeness (QED) is 0.845. The highest BCUT2D eigenvalue weighted by molar-refractivity contribution is 5.80. The molecule has 0 fully saturated rings. The molecule has 4 heteroatoms. The van der Waals surface area contributed by atoms with Crippen LogP contribution in [0, 0.1) is 5.82 Å². The third-order valence-electron chi connectivity index (χ3n) is 3.15. The van der Waals surface area contributed by atoms with Crippen LogP contribution in [0.15, 0.2) is 54.6 Å². The number of carbonyl (C=O) groups excluding carboxylic acids is 1. The molecular weight excluding hydrogens is 269 g/mol. The fourth-order valence-electron chi connectivity index (χ4n) is 2.02. The van der Waals surface area contributed by atoms with E-state index < -0.39 is 6.10 Å². The third-order valence-corrected chi connectivity index (χ3v) is 3.15. The van der Waals surface area contributed by atoms with E-state index in [-0.39, 0.29) is 18.3 Å². The van der Waals surface area contributed by atoms with Gasteiger partial charge >= 0.3 is 0 Å². The lowest BCUT2D eigenvalue weighted by atomic mass is 10.2. The van der Waals surface area contributed by atoms with E-state index in [2.05, 4.69) is 0 Å². The molecule has 2 rings (SSSR count). The van der Waals surface area contributed by atoms with Gasteiger partial charge in [-0.1, -0.05) is 36.4 Å². The minimum Gasteiger partial charge on any atom is -0.481 e. The molecule has 3 nitrogen and oxygen atoms in total. The number of rotatable bonds is 5. The smallest absolute Gasteiger partial charge is 0.263 e. The molecule has 0 bridgehead atoms. The van der Waals surface area contributed by atoms with Crippen molar-refractivity contribution in [2.24, 2.45) is 0 Å². The molecule has 0 saturated carbocycles. The first-order valence-electron chi connectivity index (χ1n) is 6.78. The topological polar surface area (TPSA) is 29.5 Å². The summed E-state index contributed by atoms with van der Waals surface area (Å²) in [6, 6.07) is 15.6. The molecule has 110 valence electrons. The summed E-state index contributed by atoms with van der Waals surface area (Å²) in [7, 11) is 1.64. The van der Waals surface area contributed by atoms with Gasteiger partial charge in [-0.2, -0.15) is 0 Å². The first-order valence-corrected chi connectivity index (χ1v) is 6.78. The van der Waals surface area contributed by atoms with Crippen LogP contribution >= 0.6 is 0 Å². The van der Waals surface area contributed by atoms with Crippen molar-refractivity contribution < 1.29 is 13.9 Å². The zero-order chi connectivity index (χ0) is 15.2. The molecule has 0 saturated heterocycles. The Morgan fingerprint density at radius 3 is 2.43 bits per heavy atom. The molecule has 2 aromatic rings. The van der Waals surface area contributed by atoms with E-state index in [0.29, 0.717) is 11.3 Å². The Hall–Kier alpha value is -2.36. The van der Waals surface area contributed by atoms with E-state index in [9.17, 15) is 9.18 Å². The predicted octanol–water partition coefficient (Wildman–Crippen LogP) is 3.25. The maximum Gasteiger partial charge on any atom is 0.263 e. The average molecular weight is 287 g/mol. The lowest BCUT2D eigenvalue weighted by Crippen LogP contribution is -2.37. The second-order valence-electron chi connectivity index (χ2n) is 4.86. The lowest BCUT2D eigenvalue weighted by Gasteiger charge is -2.22. The first-order chi connectivity index (χ1) is 10.1. The van der Waals surface area contributed by atoms with Crippen molar-refractivity contribution >= 4 is 5.91 Å². The average Bonchev–Trinajstić information content (AvgIpc) is 2.49. The van der Waals surface area contributed by atoms with Crippen LogP contribution in [-0.4, -0.2) is 24.0 Å². The summed E-state index contributed by atoms with van der Waals surface area (Å²) in [4.78, 5) is 13.7. The van der Waals surface area contributed by atoms with Crippen LogP contribution in [0.4, 0.5) is 4.39 Å². The maximum absolute atomic E-state index is 13.6. The van der Waals surface area contributed by atoms with Gasteiger partial charge in [0.05, 0.1) is 0 Å². The monoisotopic (exact) mass is 287 g/mol. The van der Waals surface area contributed by atoms with E-state index in [1.165, 1.54) is 11.0 Å². The van der Waals surface area contributed by atoms with Gasteiger partial charge in [-0.3, -0.25) is 4.79 Å². The van der Waals surface area contributed by atoms with Gasteiger partial charge in [-0.05, 0) is 25.1 Å². The summed E-state index contributed by atoms with van der Waals surface area (Å²) in [5.74, 6) is 0.133. The van der Waals surface area contributed by atoms with Crippen molar-refractivity contribution in [1.29, 1.82) is 0 Å². The zero-order valence-corrected chi connectivity index (χ0v) is 12.1. The van der Waals surface area contributed by atoms with Crippen molar-refractivity contribution in [3.8, 4) is 5.75 Å².